The number of aromatic nitrogens is 1. The molecule has 0 saturated carbocycles. The van der Waals surface area contributed by atoms with Gasteiger partial charge in [0.15, 0.2) is 0 Å². The first-order valence-corrected chi connectivity index (χ1v) is 6.85. The summed E-state index contributed by atoms with van der Waals surface area (Å²) in [6.07, 6.45) is 2.71. The van der Waals surface area contributed by atoms with Crippen LogP contribution < -0.4 is 4.74 Å². The molecule has 3 aromatic rings. The maximum Gasteiger partial charge on any atom is 0.130 e. The van der Waals surface area contributed by atoms with Gasteiger partial charge < -0.3 is 4.74 Å². The number of hydrogen-bond acceptors (Lipinski definition) is 2. The highest BCUT2D eigenvalue weighted by Gasteiger charge is 2.02. The molecule has 3 rings (SSSR count). The molecule has 0 radical (unpaired) electrons. The van der Waals surface area contributed by atoms with Crippen LogP contribution in [0.2, 0.25) is 0 Å². The van der Waals surface area contributed by atoms with Gasteiger partial charge in [-0.1, -0.05) is 42.0 Å². The van der Waals surface area contributed by atoms with Crippen LogP contribution in [-0.4, -0.2) is 11.6 Å². The molecule has 2 heteroatoms. The van der Waals surface area contributed by atoms with E-state index in [1.54, 1.807) is 6.20 Å². The largest absolute Gasteiger partial charge is 0.492 e. The number of aryl methyl sites for hydroxylation is 1. The first-order valence-electron chi connectivity index (χ1n) is 6.85. The van der Waals surface area contributed by atoms with Gasteiger partial charge in [-0.2, -0.15) is 0 Å². The minimum absolute atomic E-state index is 0.678. The maximum atomic E-state index is 5.91. The minimum atomic E-state index is 0.678. The number of nitrogens with zero attached hydrogens (tertiary/aromatic N) is 1. The van der Waals surface area contributed by atoms with Gasteiger partial charge in [0.1, 0.15) is 5.75 Å². The van der Waals surface area contributed by atoms with Gasteiger partial charge in [0.05, 0.1) is 12.1 Å². The SMILES string of the molecule is Cc1ccc(CCOc2ccnc3ccccc23)cc1. The van der Waals surface area contributed by atoms with Crippen molar-refractivity contribution in [2.24, 2.45) is 0 Å². The molecule has 0 fully saturated rings. The van der Waals surface area contributed by atoms with Gasteiger partial charge in [0.25, 0.3) is 0 Å². The van der Waals surface area contributed by atoms with Crippen molar-refractivity contribution in [3.8, 4) is 5.75 Å². The van der Waals surface area contributed by atoms with Crippen LogP contribution in [0.4, 0.5) is 0 Å². The van der Waals surface area contributed by atoms with E-state index in [1.165, 1.54) is 11.1 Å². The summed E-state index contributed by atoms with van der Waals surface area (Å²) in [7, 11) is 0. The lowest BCUT2D eigenvalue weighted by Crippen LogP contribution is -2.02. The van der Waals surface area contributed by atoms with Crippen LogP contribution in [0.3, 0.4) is 0 Å². The standard InChI is InChI=1S/C18H17NO/c1-14-6-8-15(9-7-14)11-13-20-18-10-12-19-17-5-3-2-4-16(17)18/h2-10,12H,11,13H2,1H3. The smallest absolute Gasteiger partial charge is 0.130 e. The lowest BCUT2D eigenvalue weighted by molar-refractivity contribution is 0.325. The molecule has 0 aliphatic carbocycles. The molecule has 0 N–H and O–H groups in total. The third kappa shape index (κ3) is 2.80. The lowest BCUT2D eigenvalue weighted by Gasteiger charge is -2.09. The zero-order valence-corrected chi connectivity index (χ0v) is 11.5. The molecule has 1 heterocycles. The average Bonchev–Trinajstić information content (AvgIpc) is 2.49. The number of benzene rings is 2. The first-order chi connectivity index (χ1) is 9.83. The fraction of sp³-hybridized carbons (Fsp3) is 0.167. The quantitative estimate of drug-likeness (QED) is 0.705. The van der Waals surface area contributed by atoms with Gasteiger partial charge in [-0.25, -0.2) is 0 Å². The number of rotatable bonds is 4. The Labute approximate surface area is 119 Å². The van der Waals surface area contributed by atoms with Crippen LogP contribution in [0.15, 0.2) is 60.8 Å². The number of para-hydroxylation sites is 1. The minimum Gasteiger partial charge on any atom is -0.492 e. The average molecular weight is 263 g/mol. The highest BCUT2D eigenvalue weighted by Crippen LogP contribution is 2.23. The van der Waals surface area contributed by atoms with Crippen LogP contribution in [0.1, 0.15) is 11.1 Å². The molecule has 2 aromatic carbocycles. The summed E-state index contributed by atoms with van der Waals surface area (Å²) in [5, 5.41) is 1.07. The molecule has 20 heavy (non-hydrogen) atoms. The second-order valence-corrected chi connectivity index (χ2v) is 4.91. The molecule has 2 nitrogen and oxygen atoms in total. The molecule has 0 aliphatic heterocycles. The fourth-order valence-electron chi connectivity index (χ4n) is 2.23. The molecule has 100 valence electrons. The van der Waals surface area contributed by atoms with Gasteiger partial charge >= 0.3 is 0 Å². The molecule has 0 aliphatic rings. The van der Waals surface area contributed by atoms with Crippen molar-refractivity contribution < 1.29 is 4.74 Å². The third-order valence-electron chi connectivity index (χ3n) is 3.38. The van der Waals surface area contributed by atoms with Gasteiger partial charge in [-0.05, 0) is 30.7 Å². The topological polar surface area (TPSA) is 22.1 Å². The van der Waals surface area contributed by atoms with Crippen LogP contribution in [0, 0.1) is 6.92 Å². The molecule has 0 bridgehead atoms. The van der Waals surface area contributed by atoms with Crippen LogP contribution in [-0.2, 0) is 6.42 Å². The van der Waals surface area contributed by atoms with Crippen LogP contribution in [0.5, 0.6) is 5.75 Å². The Balaban J connectivity index is 1.69. The van der Waals surface area contributed by atoms with Crippen molar-refractivity contribution in [2.45, 2.75) is 13.3 Å². The molecule has 0 atom stereocenters. The van der Waals surface area contributed by atoms with E-state index in [9.17, 15) is 0 Å². The van der Waals surface area contributed by atoms with Gasteiger partial charge in [0, 0.05) is 18.0 Å². The molecule has 0 unspecified atom stereocenters. The summed E-state index contributed by atoms with van der Waals surface area (Å²) in [6.45, 7) is 2.78. The molecular formula is C18H17NO. The van der Waals surface area contributed by atoms with Crippen molar-refractivity contribution in [3.05, 3.63) is 71.9 Å². The van der Waals surface area contributed by atoms with Crippen molar-refractivity contribution in [2.75, 3.05) is 6.61 Å². The molecule has 0 amide bonds. The van der Waals surface area contributed by atoms with Gasteiger partial charge in [-0.15, -0.1) is 0 Å². The lowest BCUT2D eigenvalue weighted by atomic mass is 10.1. The monoisotopic (exact) mass is 263 g/mol. The molecule has 0 spiro atoms. The Morgan fingerprint density at radius 1 is 0.950 bits per heavy atom. The first kappa shape index (κ1) is 12.7. The second-order valence-electron chi connectivity index (χ2n) is 4.91. The van der Waals surface area contributed by atoms with E-state index >= 15 is 0 Å². The summed E-state index contributed by atoms with van der Waals surface area (Å²) in [5.74, 6) is 0.905. The van der Waals surface area contributed by atoms with Crippen LogP contribution >= 0.6 is 0 Å². The van der Waals surface area contributed by atoms with E-state index in [1.807, 2.05) is 30.3 Å². The zero-order valence-electron chi connectivity index (χ0n) is 11.5. The van der Waals surface area contributed by atoms with Crippen molar-refractivity contribution in [1.29, 1.82) is 0 Å². The highest BCUT2D eigenvalue weighted by molar-refractivity contribution is 5.84. The van der Waals surface area contributed by atoms with Crippen molar-refractivity contribution >= 4 is 10.9 Å². The summed E-state index contributed by atoms with van der Waals surface area (Å²) >= 11 is 0. The number of ether oxygens (including phenoxy) is 1. The van der Waals surface area contributed by atoms with E-state index in [4.69, 9.17) is 4.74 Å². The van der Waals surface area contributed by atoms with E-state index in [0.717, 1.165) is 23.1 Å². The second kappa shape index (κ2) is 5.74. The number of fused-ring (bicyclic) bond motifs is 1. The summed E-state index contributed by atoms with van der Waals surface area (Å²) in [6, 6.07) is 18.6. The Bertz CT molecular complexity index is 699. The van der Waals surface area contributed by atoms with E-state index in [2.05, 4.69) is 36.2 Å². The summed E-state index contributed by atoms with van der Waals surface area (Å²) < 4.78 is 5.91. The third-order valence-corrected chi connectivity index (χ3v) is 3.38. The maximum absolute atomic E-state index is 5.91. The molecule has 1 aromatic heterocycles. The number of hydrogen-bond donors (Lipinski definition) is 0. The predicted molar refractivity (Wildman–Crippen MR) is 82.1 cm³/mol. The summed E-state index contributed by atoms with van der Waals surface area (Å²) in [4.78, 5) is 4.34. The highest BCUT2D eigenvalue weighted by atomic mass is 16.5. The Kier molecular flexibility index (Phi) is 3.64. The predicted octanol–water partition coefficient (Wildman–Crippen LogP) is 4.16. The Morgan fingerprint density at radius 2 is 1.75 bits per heavy atom. The van der Waals surface area contributed by atoms with Crippen molar-refractivity contribution in [1.82, 2.24) is 4.98 Å². The Morgan fingerprint density at radius 3 is 2.60 bits per heavy atom. The van der Waals surface area contributed by atoms with Crippen LogP contribution in [0.25, 0.3) is 10.9 Å². The van der Waals surface area contributed by atoms with Gasteiger partial charge in [-0.3, -0.25) is 4.98 Å². The normalized spacial score (nSPS) is 10.7. The number of pyridine rings is 1. The Hall–Kier alpha value is -2.35. The molecule has 0 saturated heterocycles. The summed E-state index contributed by atoms with van der Waals surface area (Å²) in [5.41, 5.74) is 3.56. The molecular weight excluding hydrogens is 246 g/mol. The zero-order chi connectivity index (χ0) is 13.8. The van der Waals surface area contributed by atoms with Gasteiger partial charge in [0.2, 0.25) is 0 Å². The van der Waals surface area contributed by atoms with E-state index in [-0.39, 0.29) is 0 Å². The van der Waals surface area contributed by atoms with E-state index in [0.29, 0.717) is 6.61 Å². The van der Waals surface area contributed by atoms with E-state index < -0.39 is 0 Å². The van der Waals surface area contributed by atoms with Crippen molar-refractivity contribution in [3.63, 3.8) is 0 Å². The fourth-order valence-corrected chi connectivity index (χ4v) is 2.23.